The molecule has 0 aromatic heterocycles. The number of hydrogen-bond donors (Lipinski definition) is 2. The highest BCUT2D eigenvalue weighted by Crippen LogP contribution is 2.33. The molecule has 1 fully saturated rings. The summed E-state index contributed by atoms with van der Waals surface area (Å²) in [5, 5.41) is 13.7. The van der Waals surface area contributed by atoms with Crippen molar-refractivity contribution >= 4 is 17.3 Å². The second-order valence-corrected chi connectivity index (χ2v) is 4.58. The molecule has 0 saturated heterocycles. The molecule has 0 spiro atoms. The van der Waals surface area contributed by atoms with Gasteiger partial charge < -0.3 is 11.1 Å². The first-order valence-electron chi connectivity index (χ1n) is 5.99. The van der Waals surface area contributed by atoms with E-state index < -0.39 is 22.3 Å². The van der Waals surface area contributed by atoms with Gasteiger partial charge in [0.05, 0.1) is 10.8 Å². The van der Waals surface area contributed by atoms with Gasteiger partial charge in [0.1, 0.15) is 5.69 Å². The maximum Gasteiger partial charge on any atom is 0.327 e. The number of benzene rings is 1. The third-order valence-electron chi connectivity index (χ3n) is 3.39. The largest absolute Gasteiger partial charge is 0.376 e. The van der Waals surface area contributed by atoms with Gasteiger partial charge in [-0.1, -0.05) is 12.5 Å². The van der Waals surface area contributed by atoms with E-state index in [9.17, 15) is 19.3 Å². The van der Waals surface area contributed by atoms with E-state index in [2.05, 4.69) is 5.32 Å². The lowest BCUT2D eigenvalue weighted by atomic mass is 10.0. The molecule has 7 heteroatoms. The summed E-state index contributed by atoms with van der Waals surface area (Å²) >= 11 is 0. The van der Waals surface area contributed by atoms with Gasteiger partial charge in [-0.25, -0.2) is 0 Å². The van der Waals surface area contributed by atoms with Gasteiger partial charge in [0.2, 0.25) is 11.7 Å². The molecular weight excluding hydrogens is 253 g/mol. The highest BCUT2D eigenvalue weighted by atomic mass is 19.1. The highest BCUT2D eigenvalue weighted by molar-refractivity contribution is 5.78. The van der Waals surface area contributed by atoms with E-state index in [1.54, 1.807) is 0 Å². The van der Waals surface area contributed by atoms with Crippen molar-refractivity contribution in [3.05, 3.63) is 34.1 Å². The van der Waals surface area contributed by atoms with Gasteiger partial charge in [-0.3, -0.25) is 14.9 Å². The quantitative estimate of drug-likeness (QED) is 0.641. The van der Waals surface area contributed by atoms with Crippen molar-refractivity contribution in [2.75, 3.05) is 5.32 Å². The monoisotopic (exact) mass is 267 g/mol. The molecule has 0 unspecified atom stereocenters. The third-order valence-corrected chi connectivity index (χ3v) is 3.39. The maximum atomic E-state index is 13.5. The lowest BCUT2D eigenvalue weighted by molar-refractivity contribution is -0.386. The number of para-hydroxylation sites is 1. The van der Waals surface area contributed by atoms with Crippen LogP contribution in [0.25, 0.3) is 0 Å². The second kappa shape index (κ2) is 5.21. The van der Waals surface area contributed by atoms with E-state index in [4.69, 9.17) is 5.73 Å². The summed E-state index contributed by atoms with van der Waals surface area (Å²) in [6.45, 7) is 0. The van der Waals surface area contributed by atoms with Crippen LogP contribution in [0.1, 0.15) is 19.3 Å². The number of nitrogens with one attached hydrogen (secondary N) is 1. The Morgan fingerprint density at radius 2 is 2.21 bits per heavy atom. The van der Waals surface area contributed by atoms with Crippen molar-refractivity contribution in [1.82, 2.24) is 0 Å². The summed E-state index contributed by atoms with van der Waals surface area (Å²) in [7, 11) is 0. The molecular formula is C12H14FN3O3. The van der Waals surface area contributed by atoms with E-state index >= 15 is 0 Å². The van der Waals surface area contributed by atoms with Crippen LogP contribution in [0.5, 0.6) is 0 Å². The van der Waals surface area contributed by atoms with Gasteiger partial charge in [-0.15, -0.1) is 0 Å². The third kappa shape index (κ3) is 2.64. The highest BCUT2D eigenvalue weighted by Gasteiger charge is 2.33. The van der Waals surface area contributed by atoms with Gasteiger partial charge in [0, 0.05) is 6.04 Å². The summed E-state index contributed by atoms with van der Waals surface area (Å²) in [4.78, 5) is 21.4. The molecule has 19 heavy (non-hydrogen) atoms. The van der Waals surface area contributed by atoms with Crippen LogP contribution in [0.4, 0.5) is 15.8 Å². The first-order valence-corrected chi connectivity index (χ1v) is 5.99. The molecule has 102 valence electrons. The number of amides is 1. The first kappa shape index (κ1) is 13.3. The van der Waals surface area contributed by atoms with Crippen LogP contribution in [0.2, 0.25) is 0 Å². The summed E-state index contributed by atoms with van der Waals surface area (Å²) < 4.78 is 13.5. The molecule has 1 aromatic rings. The number of carbonyl (C=O) groups is 1. The van der Waals surface area contributed by atoms with Gasteiger partial charge in [-0.2, -0.15) is 4.39 Å². The van der Waals surface area contributed by atoms with Crippen molar-refractivity contribution in [3.63, 3.8) is 0 Å². The number of nitrogens with zero attached hydrogens (tertiary/aromatic N) is 1. The Bertz CT molecular complexity index is 521. The fourth-order valence-corrected chi connectivity index (χ4v) is 2.49. The lowest BCUT2D eigenvalue weighted by Crippen LogP contribution is -2.34. The minimum Gasteiger partial charge on any atom is -0.376 e. The van der Waals surface area contributed by atoms with Crippen molar-refractivity contribution in [2.24, 2.45) is 11.7 Å². The average molecular weight is 267 g/mol. The lowest BCUT2D eigenvalue weighted by Gasteiger charge is -2.19. The number of halogens is 1. The summed E-state index contributed by atoms with van der Waals surface area (Å²) in [6, 6.07) is 3.57. The van der Waals surface area contributed by atoms with Gasteiger partial charge in [-0.05, 0) is 25.0 Å². The van der Waals surface area contributed by atoms with Crippen LogP contribution >= 0.6 is 0 Å². The number of primary amides is 1. The van der Waals surface area contributed by atoms with Crippen molar-refractivity contribution < 1.29 is 14.1 Å². The zero-order valence-electron chi connectivity index (χ0n) is 10.1. The molecule has 1 saturated carbocycles. The molecule has 1 aliphatic carbocycles. The van der Waals surface area contributed by atoms with Crippen molar-refractivity contribution in [3.8, 4) is 0 Å². The Kier molecular flexibility index (Phi) is 3.64. The predicted molar refractivity (Wildman–Crippen MR) is 67.0 cm³/mol. The normalized spacial score (nSPS) is 22.2. The Hall–Kier alpha value is -2.18. The molecule has 2 rings (SSSR count). The Balaban J connectivity index is 2.26. The second-order valence-electron chi connectivity index (χ2n) is 4.58. The molecule has 2 atom stereocenters. The first-order chi connectivity index (χ1) is 9.00. The minimum absolute atomic E-state index is 0.0863. The van der Waals surface area contributed by atoms with E-state index in [-0.39, 0.29) is 17.6 Å². The number of nitrogens with two attached hydrogens (primary N) is 1. The van der Waals surface area contributed by atoms with Crippen LogP contribution < -0.4 is 11.1 Å². The Morgan fingerprint density at radius 1 is 1.47 bits per heavy atom. The van der Waals surface area contributed by atoms with Crippen molar-refractivity contribution in [1.29, 1.82) is 0 Å². The molecule has 0 radical (unpaired) electrons. The maximum absolute atomic E-state index is 13.5. The van der Waals surface area contributed by atoms with Crippen LogP contribution in [-0.4, -0.2) is 16.9 Å². The number of nitro benzene ring substituents is 1. The molecule has 3 N–H and O–H groups in total. The van der Waals surface area contributed by atoms with Gasteiger partial charge in [0.25, 0.3) is 0 Å². The molecule has 0 aliphatic heterocycles. The SMILES string of the molecule is NC(=O)[C@@H]1CCC[C@@H]1Nc1cccc(F)c1[N+](=O)[O-]. The fraction of sp³-hybridized carbons (Fsp3) is 0.417. The molecule has 0 bridgehead atoms. The smallest absolute Gasteiger partial charge is 0.327 e. The Labute approximate surface area is 108 Å². The summed E-state index contributed by atoms with van der Waals surface area (Å²) in [6.07, 6.45) is 2.14. The minimum atomic E-state index is -0.899. The van der Waals surface area contributed by atoms with Gasteiger partial charge >= 0.3 is 5.69 Å². The topological polar surface area (TPSA) is 98.3 Å². The molecule has 1 aliphatic rings. The molecule has 6 nitrogen and oxygen atoms in total. The zero-order chi connectivity index (χ0) is 14.0. The predicted octanol–water partition coefficient (Wildman–Crippen LogP) is 1.80. The van der Waals surface area contributed by atoms with E-state index in [0.29, 0.717) is 12.8 Å². The van der Waals surface area contributed by atoms with Crippen LogP contribution in [0, 0.1) is 21.8 Å². The number of hydrogen-bond acceptors (Lipinski definition) is 4. The Morgan fingerprint density at radius 3 is 2.84 bits per heavy atom. The van der Waals surface area contributed by atoms with E-state index in [1.165, 1.54) is 12.1 Å². The molecule has 1 aromatic carbocycles. The number of nitro groups is 1. The van der Waals surface area contributed by atoms with Crippen LogP contribution in [0.3, 0.4) is 0 Å². The van der Waals surface area contributed by atoms with Gasteiger partial charge in [0.15, 0.2) is 0 Å². The van der Waals surface area contributed by atoms with E-state index in [0.717, 1.165) is 12.5 Å². The number of rotatable bonds is 4. The standard InChI is InChI=1S/C12H14FN3O3/c13-8-4-2-6-10(11(8)16(18)19)15-9-5-1-3-7(9)12(14)17/h2,4,6-7,9,15H,1,3,5H2,(H2,14,17)/t7-,9+/m1/s1. The zero-order valence-corrected chi connectivity index (χ0v) is 10.1. The fourth-order valence-electron chi connectivity index (χ4n) is 2.49. The molecule has 1 amide bonds. The van der Waals surface area contributed by atoms with Crippen LogP contribution in [0.15, 0.2) is 18.2 Å². The number of anilines is 1. The van der Waals surface area contributed by atoms with Crippen LogP contribution in [-0.2, 0) is 4.79 Å². The van der Waals surface area contributed by atoms with Crippen molar-refractivity contribution in [2.45, 2.75) is 25.3 Å². The average Bonchev–Trinajstić information content (AvgIpc) is 2.76. The summed E-state index contributed by atoms with van der Waals surface area (Å²) in [5.74, 6) is -1.71. The molecule has 0 heterocycles. The number of carbonyl (C=O) groups excluding carboxylic acids is 1. The summed E-state index contributed by atoms with van der Waals surface area (Å²) in [5.41, 5.74) is 4.77. The van der Waals surface area contributed by atoms with E-state index in [1.807, 2.05) is 0 Å².